The van der Waals surface area contributed by atoms with E-state index in [0.717, 1.165) is 20.7 Å². The number of thiophene rings is 1. The van der Waals surface area contributed by atoms with Gasteiger partial charge in [0.25, 0.3) is 0 Å². The second-order valence-corrected chi connectivity index (χ2v) is 6.14. The zero-order valence-corrected chi connectivity index (χ0v) is 12.5. The van der Waals surface area contributed by atoms with Crippen molar-refractivity contribution in [1.82, 2.24) is 0 Å². The lowest BCUT2D eigenvalue weighted by molar-refractivity contribution is 0.501. The molecule has 0 bridgehead atoms. The molecule has 3 rings (SSSR count). The molecule has 5 heteroatoms. The summed E-state index contributed by atoms with van der Waals surface area (Å²) < 4.78 is 6.24. The zero-order valence-electron chi connectivity index (χ0n) is 10.9. The number of nitriles is 1. The van der Waals surface area contributed by atoms with E-state index < -0.39 is 0 Å². The number of para-hydroxylation sites is 1. The molecule has 3 aromatic rings. The van der Waals surface area contributed by atoms with E-state index in [1.807, 2.05) is 42.5 Å². The van der Waals surface area contributed by atoms with Gasteiger partial charge in [-0.1, -0.05) is 23.7 Å². The highest BCUT2D eigenvalue weighted by molar-refractivity contribution is 7.16. The lowest BCUT2D eigenvalue weighted by Crippen LogP contribution is -2.11. The highest BCUT2D eigenvalue weighted by Gasteiger charge is 2.19. The first-order valence-corrected chi connectivity index (χ1v) is 7.51. The maximum absolute atomic E-state index is 9.20. The SMILES string of the molecule is N#Cc1ccccc1NC(c1ccco1)c1ccc(Cl)s1. The Morgan fingerprint density at radius 2 is 2.00 bits per heavy atom. The van der Waals surface area contributed by atoms with Crippen LogP contribution in [0.15, 0.2) is 59.2 Å². The fourth-order valence-electron chi connectivity index (χ4n) is 2.08. The van der Waals surface area contributed by atoms with Crippen molar-refractivity contribution in [1.29, 1.82) is 5.26 Å². The zero-order chi connectivity index (χ0) is 14.7. The van der Waals surface area contributed by atoms with Crippen LogP contribution in [0.4, 0.5) is 5.69 Å². The maximum Gasteiger partial charge on any atom is 0.131 e. The minimum Gasteiger partial charge on any atom is -0.467 e. The van der Waals surface area contributed by atoms with Gasteiger partial charge in [0.2, 0.25) is 0 Å². The quantitative estimate of drug-likeness (QED) is 0.731. The molecule has 104 valence electrons. The molecule has 0 aliphatic rings. The molecule has 0 aliphatic heterocycles. The molecule has 0 fully saturated rings. The number of anilines is 1. The third-order valence-electron chi connectivity index (χ3n) is 3.05. The van der Waals surface area contributed by atoms with Gasteiger partial charge in [-0.3, -0.25) is 0 Å². The van der Waals surface area contributed by atoms with E-state index in [9.17, 15) is 5.26 Å². The number of hydrogen-bond donors (Lipinski definition) is 1. The number of benzene rings is 1. The first-order chi connectivity index (χ1) is 10.3. The lowest BCUT2D eigenvalue weighted by Gasteiger charge is -2.17. The van der Waals surface area contributed by atoms with Crippen LogP contribution in [0.5, 0.6) is 0 Å². The van der Waals surface area contributed by atoms with Crippen molar-refractivity contribution in [3.05, 3.63) is 75.3 Å². The van der Waals surface area contributed by atoms with Crippen LogP contribution in [-0.2, 0) is 0 Å². The van der Waals surface area contributed by atoms with Crippen LogP contribution in [0.2, 0.25) is 4.34 Å². The van der Waals surface area contributed by atoms with Crippen molar-refractivity contribution in [2.45, 2.75) is 6.04 Å². The predicted molar refractivity (Wildman–Crippen MR) is 84.7 cm³/mol. The normalized spacial score (nSPS) is 11.8. The maximum atomic E-state index is 9.20. The van der Waals surface area contributed by atoms with Crippen LogP contribution < -0.4 is 5.32 Å². The van der Waals surface area contributed by atoms with E-state index in [0.29, 0.717) is 5.56 Å². The van der Waals surface area contributed by atoms with Crippen molar-refractivity contribution in [2.75, 3.05) is 5.32 Å². The Bertz CT molecular complexity index is 774. The molecule has 0 spiro atoms. The molecule has 0 saturated heterocycles. The molecule has 2 aromatic heterocycles. The molecule has 1 aromatic carbocycles. The Balaban J connectivity index is 1.99. The van der Waals surface area contributed by atoms with E-state index in [2.05, 4.69) is 11.4 Å². The van der Waals surface area contributed by atoms with Gasteiger partial charge in [0.1, 0.15) is 17.9 Å². The fraction of sp³-hybridized carbons (Fsp3) is 0.0625. The summed E-state index contributed by atoms with van der Waals surface area (Å²) >= 11 is 7.52. The molecule has 1 unspecified atom stereocenters. The van der Waals surface area contributed by atoms with Gasteiger partial charge < -0.3 is 9.73 Å². The summed E-state index contributed by atoms with van der Waals surface area (Å²) in [6.07, 6.45) is 1.63. The summed E-state index contributed by atoms with van der Waals surface area (Å²) in [7, 11) is 0. The molecule has 21 heavy (non-hydrogen) atoms. The van der Waals surface area contributed by atoms with Crippen LogP contribution in [-0.4, -0.2) is 0 Å². The van der Waals surface area contributed by atoms with Crippen molar-refractivity contribution < 1.29 is 4.42 Å². The van der Waals surface area contributed by atoms with Gasteiger partial charge in [-0.25, -0.2) is 0 Å². The average Bonchev–Trinajstić information content (AvgIpc) is 3.17. The fourth-order valence-corrected chi connectivity index (χ4v) is 3.20. The number of halogens is 1. The van der Waals surface area contributed by atoms with E-state index in [-0.39, 0.29) is 6.04 Å². The first-order valence-electron chi connectivity index (χ1n) is 6.32. The monoisotopic (exact) mass is 314 g/mol. The van der Waals surface area contributed by atoms with E-state index in [1.165, 1.54) is 11.3 Å². The van der Waals surface area contributed by atoms with Gasteiger partial charge in [0.05, 0.1) is 21.9 Å². The molecule has 0 saturated carbocycles. The van der Waals surface area contributed by atoms with Gasteiger partial charge >= 0.3 is 0 Å². The molecule has 3 nitrogen and oxygen atoms in total. The number of hydrogen-bond acceptors (Lipinski definition) is 4. The Morgan fingerprint density at radius 1 is 1.14 bits per heavy atom. The van der Waals surface area contributed by atoms with Crippen LogP contribution in [0.25, 0.3) is 0 Å². The van der Waals surface area contributed by atoms with Crippen LogP contribution >= 0.6 is 22.9 Å². The van der Waals surface area contributed by atoms with Crippen molar-refractivity contribution in [3.8, 4) is 6.07 Å². The molecule has 0 amide bonds. The molecule has 2 heterocycles. The van der Waals surface area contributed by atoms with E-state index >= 15 is 0 Å². The van der Waals surface area contributed by atoms with Crippen LogP contribution in [0.3, 0.4) is 0 Å². The second kappa shape index (κ2) is 6.04. The lowest BCUT2D eigenvalue weighted by atomic mass is 10.1. The average molecular weight is 315 g/mol. The number of nitrogens with zero attached hydrogens (tertiary/aromatic N) is 1. The molecule has 0 aliphatic carbocycles. The van der Waals surface area contributed by atoms with Gasteiger partial charge in [-0.15, -0.1) is 11.3 Å². The largest absolute Gasteiger partial charge is 0.467 e. The van der Waals surface area contributed by atoms with Gasteiger partial charge in [0, 0.05) is 4.88 Å². The third kappa shape index (κ3) is 2.94. The summed E-state index contributed by atoms with van der Waals surface area (Å²) in [5.41, 5.74) is 1.36. The highest BCUT2D eigenvalue weighted by Crippen LogP contribution is 2.34. The number of rotatable bonds is 4. The summed E-state index contributed by atoms with van der Waals surface area (Å²) in [6, 6.07) is 17.0. The Kier molecular flexibility index (Phi) is 3.96. The summed E-state index contributed by atoms with van der Waals surface area (Å²) in [5, 5.41) is 12.6. The summed E-state index contributed by atoms with van der Waals surface area (Å²) in [5.74, 6) is 0.779. The van der Waals surface area contributed by atoms with E-state index in [1.54, 1.807) is 12.3 Å². The predicted octanol–water partition coefficient (Wildman–Crippen LogP) is 5.07. The minimum absolute atomic E-state index is 0.174. The smallest absolute Gasteiger partial charge is 0.131 e. The van der Waals surface area contributed by atoms with Crippen LogP contribution in [0.1, 0.15) is 22.2 Å². The van der Waals surface area contributed by atoms with Crippen molar-refractivity contribution in [3.63, 3.8) is 0 Å². The Labute approximate surface area is 131 Å². The van der Waals surface area contributed by atoms with Crippen molar-refractivity contribution >= 4 is 28.6 Å². The van der Waals surface area contributed by atoms with Gasteiger partial charge in [-0.05, 0) is 36.4 Å². The molecule has 1 atom stereocenters. The van der Waals surface area contributed by atoms with Crippen LogP contribution in [0, 0.1) is 11.3 Å². The second-order valence-electron chi connectivity index (χ2n) is 4.39. The number of nitrogens with one attached hydrogen (secondary N) is 1. The molecule has 0 radical (unpaired) electrons. The summed E-state index contributed by atoms with van der Waals surface area (Å²) in [6.45, 7) is 0. The van der Waals surface area contributed by atoms with Crippen molar-refractivity contribution in [2.24, 2.45) is 0 Å². The van der Waals surface area contributed by atoms with E-state index in [4.69, 9.17) is 16.0 Å². The third-order valence-corrected chi connectivity index (χ3v) is 4.35. The van der Waals surface area contributed by atoms with Gasteiger partial charge in [0.15, 0.2) is 0 Å². The number of furan rings is 1. The Hall–Kier alpha value is -2.22. The molecule has 1 N–H and O–H groups in total. The van der Waals surface area contributed by atoms with Gasteiger partial charge in [-0.2, -0.15) is 5.26 Å². The topological polar surface area (TPSA) is 49.0 Å². The summed E-state index contributed by atoms with van der Waals surface area (Å²) in [4.78, 5) is 1.03. The Morgan fingerprint density at radius 3 is 2.67 bits per heavy atom. The standard InChI is InChI=1S/C16H11ClN2OS/c17-15-8-7-14(21-15)16(13-6-3-9-20-13)19-12-5-2-1-4-11(12)10-18/h1-9,16,19H. The first kappa shape index (κ1) is 13.7. The highest BCUT2D eigenvalue weighted by atomic mass is 35.5. The molecular weight excluding hydrogens is 304 g/mol. The minimum atomic E-state index is -0.174. The molecular formula is C16H11ClN2OS.